The van der Waals surface area contributed by atoms with Crippen molar-refractivity contribution < 1.29 is 9.53 Å². The first-order chi connectivity index (χ1) is 13.0. The zero-order valence-corrected chi connectivity index (χ0v) is 16.7. The average molecular weight is 382 g/mol. The van der Waals surface area contributed by atoms with Gasteiger partial charge in [0.05, 0.1) is 18.0 Å². The Morgan fingerprint density at radius 1 is 1.19 bits per heavy atom. The third-order valence-corrected chi connectivity index (χ3v) is 5.32. The third-order valence-electron chi connectivity index (χ3n) is 4.24. The molecule has 3 rings (SSSR count). The number of nitrogens with one attached hydrogen (secondary N) is 1. The van der Waals surface area contributed by atoms with E-state index in [1.807, 2.05) is 42.0 Å². The lowest BCUT2D eigenvalue weighted by molar-refractivity contribution is -0.115. The number of amides is 1. The predicted molar refractivity (Wildman–Crippen MR) is 110 cm³/mol. The summed E-state index contributed by atoms with van der Waals surface area (Å²) < 4.78 is 7.17. The van der Waals surface area contributed by atoms with Gasteiger partial charge in [-0.3, -0.25) is 9.36 Å². The summed E-state index contributed by atoms with van der Waals surface area (Å²) >= 11 is 1.44. The van der Waals surface area contributed by atoms with Crippen molar-refractivity contribution in [1.82, 2.24) is 9.55 Å². The van der Waals surface area contributed by atoms with E-state index in [2.05, 4.69) is 42.3 Å². The topological polar surface area (TPSA) is 56.1 Å². The fraction of sp³-hybridized carbons (Fsp3) is 0.238. The van der Waals surface area contributed by atoms with E-state index in [0.29, 0.717) is 0 Å². The van der Waals surface area contributed by atoms with Crippen LogP contribution < -0.4 is 10.1 Å². The van der Waals surface area contributed by atoms with Crippen LogP contribution in [0.1, 0.15) is 18.1 Å². The molecule has 0 radical (unpaired) electrons. The number of thioether (sulfide) groups is 1. The van der Waals surface area contributed by atoms with Gasteiger partial charge in [-0.15, -0.1) is 0 Å². The molecule has 0 saturated heterocycles. The summed E-state index contributed by atoms with van der Waals surface area (Å²) in [5.41, 5.74) is 4.17. The fourth-order valence-electron chi connectivity index (χ4n) is 2.67. The zero-order chi connectivity index (χ0) is 19.4. The standard InChI is InChI=1S/C21H23N3O2S/c1-14-5-6-15(2)19(13-14)24-12-11-22-21(24)27-16(3)20(25)23-17-7-9-18(26-4)10-8-17/h5-13,16H,1-4H3,(H,23,25). The van der Waals surface area contributed by atoms with Gasteiger partial charge in [0.25, 0.3) is 0 Å². The van der Waals surface area contributed by atoms with Gasteiger partial charge in [-0.05, 0) is 62.2 Å². The van der Waals surface area contributed by atoms with Crippen LogP contribution >= 0.6 is 11.8 Å². The van der Waals surface area contributed by atoms with Gasteiger partial charge in [-0.25, -0.2) is 4.98 Å². The smallest absolute Gasteiger partial charge is 0.237 e. The van der Waals surface area contributed by atoms with Gasteiger partial charge >= 0.3 is 0 Å². The first-order valence-electron chi connectivity index (χ1n) is 8.70. The van der Waals surface area contributed by atoms with Crippen molar-refractivity contribution in [3.8, 4) is 11.4 Å². The van der Waals surface area contributed by atoms with E-state index in [1.54, 1.807) is 13.3 Å². The molecule has 6 heteroatoms. The molecule has 1 atom stereocenters. The molecule has 0 aliphatic rings. The van der Waals surface area contributed by atoms with Crippen LogP contribution in [0.4, 0.5) is 5.69 Å². The number of hydrogen-bond acceptors (Lipinski definition) is 4. The first kappa shape index (κ1) is 19.0. The summed E-state index contributed by atoms with van der Waals surface area (Å²) in [7, 11) is 1.62. The van der Waals surface area contributed by atoms with Gasteiger partial charge in [-0.1, -0.05) is 23.9 Å². The van der Waals surface area contributed by atoms with Gasteiger partial charge in [0.2, 0.25) is 5.91 Å². The molecule has 3 aromatic rings. The molecule has 1 aromatic heterocycles. The molecule has 0 saturated carbocycles. The molecular weight excluding hydrogens is 358 g/mol. The Kier molecular flexibility index (Phi) is 5.86. The molecule has 0 fully saturated rings. The van der Waals surface area contributed by atoms with Gasteiger partial charge in [-0.2, -0.15) is 0 Å². The Morgan fingerprint density at radius 2 is 1.93 bits per heavy atom. The van der Waals surface area contributed by atoms with Crippen LogP contribution in [0.2, 0.25) is 0 Å². The highest BCUT2D eigenvalue weighted by atomic mass is 32.2. The van der Waals surface area contributed by atoms with Gasteiger partial charge in [0.1, 0.15) is 5.75 Å². The summed E-state index contributed by atoms with van der Waals surface area (Å²) in [6.45, 7) is 6.02. The summed E-state index contributed by atoms with van der Waals surface area (Å²) in [5, 5.41) is 3.43. The van der Waals surface area contributed by atoms with Crippen molar-refractivity contribution in [3.05, 3.63) is 66.0 Å². The maximum atomic E-state index is 12.6. The number of imidazole rings is 1. The minimum absolute atomic E-state index is 0.0688. The molecule has 1 unspecified atom stereocenters. The van der Waals surface area contributed by atoms with Gasteiger partial charge < -0.3 is 10.1 Å². The van der Waals surface area contributed by atoms with Crippen molar-refractivity contribution in [3.63, 3.8) is 0 Å². The van der Waals surface area contributed by atoms with E-state index in [0.717, 1.165) is 27.8 Å². The second-order valence-corrected chi connectivity index (χ2v) is 7.66. The van der Waals surface area contributed by atoms with Crippen molar-refractivity contribution in [2.75, 3.05) is 12.4 Å². The maximum absolute atomic E-state index is 12.6. The number of carbonyl (C=O) groups is 1. The number of rotatable bonds is 6. The number of aryl methyl sites for hydroxylation is 2. The summed E-state index contributed by atoms with van der Waals surface area (Å²) in [5.74, 6) is 0.687. The molecule has 0 aliphatic heterocycles. The number of carbonyl (C=O) groups excluding carboxylic acids is 1. The number of benzene rings is 2. The number of hydrogen-bond donors (Lipinski definition) is 1. The molecular formula is C21H23N3O2S. The first-order valence-corrected chi connectivity index (χ1v) is 9.58. The molecule has 27 heavy (non-hydrogen) atoms. The van der Waals surface area contributed by atoms with Crippen LogP contribution in [0.15, 0.2) is 60.0 Å². The quantitative estimate of drug-likeness (QED) is 0.633. The molecule has 0 bridgehead atoms. The number of methoxy groups -OCH3 is 1. The van der Waals surface area contributed by atoms with Crippen molar-refractivity contribution >= 4 is 23.4 Å². The molecule has 2 aromatic carbocycles. The Labute approximate surface area is 163 Å². The van der Waals surface area contributed by atoms with Crippen molar-refractivity contribution in [2.24, 2.45) is 0 Å². The fourth-order valence-corrected chi connectivity index (χ4v) is 3.55. The van der Waals surface area contributed by atoms with Crippen molar-refractivity contribution in [2.45, 2.75) is 31.2 Å². The Morgan fingerprint density at radius 3 is 2.63 bits per heavy atom. The third kappa shape index (κ3) is 4.52. The lowest BCUT2D eigenvalue weighted by Gasteiger charge is -2.15. The normalized spacial score (nSPS) is 11.9. The second kappa shape index (κ2) is 8.31. The minimum atomic E-state index is -0.293. The average Bonchev–Trinajstić information content (AvgIpc) is 3.12. The highest BCUT2D eigenvalue weighted by molar-refractivity contribution is 8.00. The highest BCUT2D eigenvalue weighted by Gasteiger charge is 2.18. The minimum Gasteiger partial charge on any atom is -0.497 e. The van der Waals surface area contributed by atoms with E-state index in [4.69, 9.17) is 4.74 Å². The number of anilines is 1. The van der Waals surface area contributed by atoms with Crippen LogP contribution in [-0.2, 0) is 4.79 Å². The Balaban J connectivity index is 1.72. The lowest BCUT2D eigenvalue weighted by atomic mass is 10.1. The second-order valence-electron chi connectivity index (χ2n) is 6.35. The maximum Gasteiger partial charge on any atom is 0.237 e. The molecule has 5 nitrogen and oxygen atoms in total. The molecule has 1 amide bonds. The number of nitrogens with zero attached hydrogens (tertiary/aromatic N) is 2. The molecule has 0 spiro atoms. The molecule has 1 N–H and O–H groups in total. The van der Waals surface area contributed by atoms with Crippen LogP contribution in [0, 0.1) is 13.8 Å². The van der Waals surface area contributed by atoms with Gasteiger partial charge in [0, 0.05) is 18.1 Å². The molecule has 1 heterocycles. The Hall–Kier alpha value is -2.73. The molecule has 140 valence electrons. The van der Waals surface area contributed by atoms with Crippen LogP contribution in [-0.4, -0.2) is 27.8 Å². The lowest BCUT2D eigenvalue weighted by Crippen LogP contribution is -2.22. The van der Waals surface area contributed by atoms with Crippen LogP contribution in [0.3, 0.4) is 0 Å². The largest absolute Gasteiger partial charge is 0.497 e. The van der Waals surface area contributed by atoms with Crippen LogP contribution in [0.25, 0.3) is 5.69 Å². The summed E-state index contributed by atoms with van der Waals surface area (Å²) in [6.07, 6.45) is 3.69. The van der Waals surface area contributed by atoms with E-state index in [9.17, 15) is 4.79 Å². The number of ether oxygens (including phenoxy) is 1. The number of aromatic nitrogens is 2. The van der Waals surface area contributed by atoms with Crippen molar-refractivity contribution in [1.29, 1.82) is 0 Å². The molecule has 0 aliphatic carbocycles. The van der Waals surface area contributed by atoms with Crippen LogP contribution in [0.5, 0.6) is 5.75 Å². The summed E-state index contributed by atoms with van der Waals surface area (Å²) in [6, 6.07) is 13.6. The van der Waals surface area contributed by atoms with E-state index in [1.165, 1.54) is 17.3 Å². The Bertz CT molecular complexity index is 935. The monoisotopic (exact) mass is 381 g/mol. The zero-order valence-electron chi connectivity index (χ0n) is 15.9. The SMILES string of the molecule is COc1ccc(NC(=O)C(C)Sc2nccn2-c2cc(C)ccc2C)cc1. The predicted octanol–water partition coefficient (Wildman–Crippen LogP) is 4.62. The van der Waals surface area contributed by atoms with Gasteiger partial charge in [0.15, 0.2) is 5.16 Å². The summed E-state index contributed by atoms with van der Waals surface area (Å²) in [4.78, 5) is 17.0. The van der Waals surface area contributed by atoms with E-state index in [-0.39, 0.29) is 11.2 Å². The van der Waals surface area contributed by atoms with E-state index >= 15 is 0 Å². The highest BCUT2D eigenvalue weighted by Crippen LogP contribution is 2.27. The van der Waals surface area contributed by atoms with E-state index < -0.39 is 0 Å².